The fraction of sp³-hybridized carbons (Fsp3) is 0.444. The second-order valence-electron chi connectivity index (χ2n) is 5.79. The van der Waals surface area contributed by atoms with Crippen molar-refractivity contribution in [2.24, 2.45) is 0 Å². The lowest BCUT2D eigenvalue weighted by Gasteiger charge is -2.29. The molecule has 2 aliphatic rings. The molecule has 140 valence electrons. The molecule has 0 bridgehead atoms. The Hall–Kier alpha value is -2.90. The van der Waals surface area contributed by atoms with Crippen LogP contribution in [0.15, 0.2) is 33.4 Å². The van der Waals surface area contributed by atoms with Crippen LogP contribution >= 0.6 is 0 Å². The normalized spacial score (nSPS) is 16.8. The number of carbonyl (C=O) groups is 4. The van der Waals surface area contributed by atoms with E-state index in [-0.39, 0.29) is 48.0 Å². The van der Waals surface area contributed by atoms with Gasteiger partial charge in [-0.05, 0) is 0 Å². The Morgan fingerprint density at radius 1 is 0.500 bits per heavy atom. The van der Waals surface area contributed by atoms with Gasteiger partial charge in [0, 0.05) is 25.7 Å². The maximum Gasteiger partial charge on any atom is 0.334 e. The Kier molecular flexibility index (Phi) is 5.97. The number of carbonyl (C=O) groups excluding carboxylic acids is 4. The molecule has 0 aliphatic heterocycles. The van der Waals surface area contributed by atoms with Crippen LogP contribution in [0.2, 0.25) is 0 Å². The summed E-state index contributed by atoms with van der Waals surface area (Å²) in [5, 5.41) is 0. The summed E-state index contributed by atoms with van der Waals surface area (Å²) in [4.78, 5) is 48.3. The molecule has 8 heteroatoms. The number of methoxy groups -OCH3 is 4. The molecular weight excluding hydrogens is 344 g/mol. The van der Waals surface area contributed by atoms with E-state index in [4.69, 9.17) is 18.9 Å². The van der Waals surface area contributed by atoms with E-state index in [9.17, 15) is 19.2 Å². The molecule has 0 unspecified atom stereocenters. The first-order valence-electron chi connectivity index (χ1n) is 7.84. The van der Waals surface area contributed by atoms with E-state index in [2.05, 4.69) is 0 Å². The summed E-state index contributed by atoms with van der Waals surface area (Å²) in [5.41, 5.74) is 2.36. The lowest BCUT2D eigenvalue weighted by molar-refractivity contribution is -0.140. The van der Waals surface area contributed by atoms with Gasteiger partial charge in [0.2, 0.25) is 0 Å². The first kappa shape index (κ1) is 19.4. The van der Waals surface area contributed by atoms with E-state index >= 15 is 0 Å². The minimum atomic E-state index is -0.626. The average molecular weight is 364 g/mol. The van der Waals surface area contributed by atoms with Crippen molar-refractivity contribution in [2.45, 2.75) is 25.7 Å². The molecule has 0 radical (unpaired) electrons. The maximum absolute atomic E-state index is 12.1. The van der Waals surface area contributed by atoms with Gasteiger partial charge in [-0.1, -0.05) is 11.1 Å². The van der Waals surface area contributed by atoms with Crippen LogP contribution < -0.4 is 0 Å². The van der Waals surface area contributed by atoms with Crippen molar-refractivity contribution in [3.63, 3.8) is 0 Å². The van der Waals surface area contributed by atoms with Crippen LogP contribution in [0.5, 0.6) is 0 Å². The number of rotatable bonds is 4. The van der Waals surface area contributed by atoms with Gasteiger partial charge < -0.3 is 18.9 Å². The summed E-state index contributed by atoms with van der Waals surface area (Å²) >= 11 is 0. The molecule has 0 aromatic heterocycles. The van der Waals surface area contributed by atoms with Crippen molar-refractivity contribution < 1.29 is 38.1 Å². The highest BCUT2D eigenvalue weighted by Crippen LogP contribution is 2.42. The third-order valence-electron chi connectivity index (χ3n) is 4.52. The Bertz CT molecular complexity index is 642. The van der Waals surface area contributed by atoms with Crippen LogP contribution in [0.3, 0.4) is 0 Å². The Balaban J connectivity index is 2.42. The average Bonchev–Trinajstić information content (AvgIpc) is 2.69. The quantitative estimate of drug-likeness (QED) is 0.416. The molecule has 0 aromatic carbocycles. The summed E-state index contributed by atoms with van der Waals surface area (Å²) in [7, 11) is 4.91. The van der Waals surface area contributed by atoms with Crippen molar-refractivity contribution in [3.05, 3.63) is 33.4 Å². The highest BCUT2D eigenvalue weighted by Gasteiger charge is 2.36. The van der Waals surface area contributed by atoms with E-state index in [1.54, 1.807) is 0 Å². The van der Waals surface area contributed by atoms with Crippen LogP contribution in [0.1, 0.15) is 25.7 Å². The molecule has 0 saturated carbocycles. The summed E-state index contributed by atoms with van der Waals surface area (Å²) in [6.45, 7) is 0. The van der Waals surface area contributed by atoms with Gasteiger partial charge in [0.1, 0.15) is 0 Å². The van der Waals surface area contributed by atoms with Crippen molar-refractivity contribution in [3.8, 4) is 0 Å². The van der Waals surface area contributed by atoms with E-state index < -0.39 is 23.9 Å². The van der Waals surface area contributed by atoms with E-state index in [1.165, 1.54) is 28.4 Å². The van der Waals surface area contributed by atoms with Gasteiger partial charge in [-0.25, -0.2) is 19.2 Å². The molecule has 0 atom stereocenters. The van der Waals surface area contributed by atoms with Crippen LogP contribution in [-0.2, 0) is 38.1 Å². The van der Waals surface area contributed by atoms with Gasteiger partial charge in [0.25, 0.3) is 0 Å². The number of ether oxygens (including phenoxy) is 4. The van der Waals surface area contributed by atoms with Gasteiger partial charge in [-0.3, -0.25) is 0 Å². The smallest absolute Gasteiger partial charge is 0.334 e. The summed E-state index contributed by atoms with van der Waals surface area (Å²) in [6, 6.07) is 0. The first-order valence-corrected chi connectivity index (χ1v) is 7.84. The minimum absolute atomic E-state index is 0.140. The van der Waals surface area contributed by atoms with Gasteiger partial charge in [0.05, 0.1) is 50.7 Å². The summed E-state index contributed by atoms with van der Waals surface area (Å²) in [6.07, 6.45) is 0.561. The van der Waals surface area contributed by atoms with Crippen LogP contribution in [0.4, 0.5) is 0 Å². The molecule has 0 N–H and O–H groups in total. The van der Waals surface area contributed by atoms with E-state index in [0.29, 0.717) is 0 Å². The molecule has 2 rings (SSSR count). The molecule has 0 aromatic rings. The Labute approximate surface area is 150 Å². The van der Waals surface area contributed by atoms with Gasteiger partial charge in [-0.2, -0.15) is 0 Å². The predicted octanol–water partition coefficient (Wildman–Crippen LogP) is 1.16. The van der Waals surface area contributed by atoms with Crippen LogP contribution in [0.25, 0.3) is 0 Å². The van der Waals surface area contributed by atoms with Crippen LogP contribution in [-0.4, -0.2) is 52.3 Å². The van der Waals surface area contributed by atoms with Gasteiger partial charge >= 0.3 is 23.9 Å². The molecule has 26 heavy (non-hydrogen) atoms. The lowest BCUT2D eigenvalue weighted by Crippen LogP contribution is -2.25. The lowest BCUT2D eigenvalue weighted by atomic mass is 9.76. The topological polar surface area (TPSA) is 105 Å². The molecule has 2 aliphatic carbocycles. The molecule has 0 fully saturated rings. The number of esters is 4. The van der Waals surface area contributed by atoms with Gasteiger partial charge in [0.15, 0.2) is 0 Å². The van der Waals surface area contributed by atoms with E-state index in [0.717, 1.165) is 11.1 Å². The number of hydrogen-bond donors (Lipinski definition) is 0. The predicted molar refractivity (Wildman–Crippen MR) is 87.6 cm³/mol. The third kappa shape index (κ3) is 3.54. The minimum Gasteiger partial charge on any atom is -0.466 e. The van der Waals surface area contributed by atoms with E-state index in [1.807, 2.05) is 0 Å². The van der Waals surface area contributed by atoms with Crippen molar-refractivity contribution in [1.29, 1.82) is 0 Å². The zero-order chi connectivity index (χ0) is 19.4. The van der Waals surface area contributed by atoms with Gasteiger partial charge in [-0.15, -0.1) is 0 Å². The standard InChI is InChI=1S/C18H20O8/c1-23-15(19)11-5-9-7-13(17(21)25-3)14(18(22)26-4)8-10(9)6-12(11)16(20)24-2/h5-8H2,1-4H3. The summed E-state index contributed by atoms with van der Waals surface area (Å²) in [5.74, 6) is -2.50. The van der Waals surface area contributed by atoms with Crippen molar-refractivity contribution in [1.82, 2.24) is 0 Å². The second-order valence-corrected chi connectivity index (χ2v) is 5.79. The van der Waals surface area contributed by atoms with Crippen molar-refractivity contribution in [2.75, 3.05) is 28.4 Å². The fourth-order valence-electron chi connectivity index (χ4n) is 3.18. The molecule has 8 nitrogen and oxygen atoms in total. The number of hydrogen-bond acceptors (Lipinski definition) is 8. The first-order chi connectivity index (χ1) is 12.4. The summed E-state index contributed by atoms with van der Waals surface area (Å²) < 4.78 is 19.0. The highest BCUT2D eigenvalue weighted by molar-refractivity contribution is 6.04. The molecule has 0 spiro atoms. The molecular formula is C18H20O8. The zero-order valence-corrected chi connectivity index (χ0v) is 15.1. The Morgan fingerprint density at radius 2 is 0.692 bits per heavy atom. The second kappa shape index (κ2) is 7.99. The largest absolute Gasteiger partial charge is 0.466 e. The number of allylic oxidation sites excluding steroid dienone is 2. The maximum atomic E-state index is 12.1. The molecule has 0 heterocycles. The molecule has 0 amide bonds. The van der Waals surface area contributed by atoms with Crippen molar-refractivity contribution >= 4 is 23.9 Å². The van der Waals surface area contributed by atoms with Crippen LogP contribution in [0, 0.1) is 0 Å². The monoisotopic (exact) mass is 364 g/mol. The molecule has 0 saturated heterocycles. The highest BCUT2D eigenvalue weighted by atomic mass is 16.5. The Morgan fingerprint density at radius 3 is 0.846 bits per heavy atom. The SMILES string of the molecule is COC(=O)C1=C(C(=O)OC)CC2=C(C1)CC(C(=O)OC)=C(C(=O)OC)C2. The zero-order valence-electron chi connectivity index (χ0n) is 15.1. The fourth-order valence-corrected chi connectivity index (χ4v) is 3.18. The third-order valence-corrected chi connectivity index (χ3v) is 4.52.